The van der Waals surface area contributed by atoms with Gasteiger partial charge in [-0.2, -0.15) is 9.67 Å². The van der Waals surface area contributed by atoms with Gasteiger partial charge in [-0.25, -0.2) is 4.98 Å². The van der Waals surface area contributed by atoms with Gasteiger partial charge in [0.1, 0.15) is 24.3 Å². The molecule has 0 amide bonds. The molecular weight excluding hydrogens is 400 g/mol. The third-order valence-corrected chi connectivity index (χ3v) is 4.49. The van der Waals surface area contributed by atoms with Gasteiger partial charge in [-0.3, -0.25) is 14.3 Å². The van der Waals surface area contributed by atoms with Crippen LogP contribution in [0.25, 0.3) is 28.4 Å². The quantitative estimate of drug-likeness (QED) is 0.407. The zero-order chi connectivity index (χ0) is 21.2. The molecule has 0 fully saturated rings. The van der Waals surface area contributed by atoms with Crippen LogP contribution in [0.2, 0.25) is 0 Å². The van der Waals surface area contributed by atoms with Crippen molar-refractivity contribution in [2.24, 2.45) is 0 Å². The molecule has 0 spiro atoms. The van der Waals surface area contributed by atoms with E-state index in [9.17, 15) is 4.79 Å². The van der Waals surface area contributed by atoms with Crippen molar-refractivity contribution < 1.29 is 9.26 Å². The largest absolute Gasteiger partial charge is 0.494 e. The lowest BCUT2D eigenvalue weighted by molar-refractivity contribution is 0.340. The summed E-state index contributed by atoms with van der Waals surface area (Å²) in [5, 5.41) is 12.0. The monoisotopic (exact) mass is 416 g/mol. The predicted octanol–water partition coefficient (Wildman–Crippen LogP) is 1.87. The average Bonchev–Trinajstić information content (AvgIpc) is 3.45. The standard InChI is InChI=1S/C20H16N8O3/c1-2-30-14-8-6-13(7-9-14)28-19-17(24-26-28)20(29)27(12-22-19)11-16-23-18(25-31-16)15-5-3-4-10-21-15/h3-10,12H,2,11H2,1H3. The molecular formula is C20H16N8O3. The van der Waals surface area contributed by atoms with E-state index in [0.717, 1.165) is 5.75 Å². The van der Waals surface area contributed by atoms with Crippen LogP contribution in [0.15, 0.2) is 64.3 Å². The highest BCUT2D eigenvalue weighted by Gasteiger charge is 2.16. The van der Waals surface area contributed by atoms with Crippen LogP contribution in [-0.4, -0.2) is 46.3 Å². The normalized spacial score (nSPS) is 11.1. The molecule has 154 valence electrons. The minimum absolute atomic E-state index is 0.0531. The van der Waals surface area contributed by atoms with Gasteiger partial charge in [-0.05, 0) is 43.3 Å². The van der Waals surface area contributed by atoms with Crippen molar-refractivity contribution in [1.82, 2.24) is 39.7 Å². The van der Waals surface area contributed by atoms with E-state index in [2.05, 4.69) is 30.4 Å². The predicted molar refractivity (Wildman–Crippen MR) is 109 cm³/mol. The first-order valence-electron chi connectivity index (χ1n) is 9.51. The lowest BCUT2D eigenvalue weighted by atomic mass is 10.3. The molecule has 1 aromatic carbocycles. The second kappa shape index (κ2) is 7.78. The third-order valence-electron chi connectivity index (χ3n) is 4.49. The maximum Gasteiger partial charge on any atom is 0.284 e. The fourth-order valence-corrected chi connectivity index (χ4v) is 3.04. The van der Waals surface area contributed by atoms with Crippen LogP contribution in [-0.2, 0) is 6.54 Å². The highest BCUT2D eigenvalue weighted by Crippen LogP contribution is 2.17. The number of nitrogens with zero attached hydrogens (tertiary/aromatic N) is 8. The second-order valence-electron chi connectivity index (χ2n) is 6.50. The zero-order valence-corrected chi connectivity index (χ0v) is 16.4. The molecule has 0 aliphatic heterocycles. The van der Waals surface area contributed by atoms with E-state index in [-0.39, 0.29) is 23.5 Å². The lowest BCUT2D eigenvalue weighted by Gasteiger charge is -2.05. The first-order valence-corrected chi connectivity index (χ1v) is 9.51. The number of hydrogen-bond donors (Lipinski definition) is 0. The molecule has 0 saturated carbocycles. The number of pyridine rings is 1. The van der Waals surface area contributed by atoms with Crippen LogP contribution >= 0.6 is 0 Å². The second-order valence-corrected chi connectivity index (χ2v) is 6.50. The van der Waals surface area contributed by atoms with Gasteiger partial charge >= 0.3 is 0 Å². The van der Waals surface area contributed by atoms with Crippen LogP contribution in [0.1, 0.15) is 12.8 Å². The van der Waals surface area contributed by atoms with E-state index in [0.29, 0.717) is 29.5 Å². The van der Waals surface area contributed by atoms with Crippen molar-refractivity contribution in [2.75, 3.05) is 6.61 Å². The van der Waals surface area contributed by atoms with Crippen LogP contribution in [0, 0.1) is 0 Å². The molecule has 0 bridgehead atoms. The number of ether oxygens (including phenoxy) is 1. The van der Waals surface area contributed by atoms with Gasteiger partial charge < -0.3 is 9.26 Å². The molecule has 0 atom stereocenters. The zero-order valence-electron chi connectivity index (χ0n) is 16.4. The molecule has 0 aliphatic carbocycles. The van der Waals surface area contributed by atoms with Crippen LogP contribution in [0.5, 0.6) is 5.75 Å². The number of rotatable bonds is 6. The van der Waals surface area contributed by atoms with Gasteiger partial charge in [0.2, 0.25) is 11.7 Å². The summed E-state index contributed by atoms with van der Waals surface area (Å²) in [5.41, 5.74) is 1.43. The maximum absolute atomic E-state index is 12.9. The van der Waals surface area contributed by atoms with Crippen molar-refractivity contribution in [3.63, 3.8) is 0 Å². The van der Waals surface area contributed by atoms with Gasteiger partial charge in [0.25, 0.3) is 5.56 Å². The fraction of sp³-hybridized carbons (Fsp3) is 0.150. The van der Waals surface area contributed by atoms with E-state index in [1.165, 1.54) is 15.6 Å². The summed E-state index contributed by atoms with van der Waals surface area (Å²) >= 11 is 0. The SMILES string of the molecule is CCOc1ccc(-n2nnc3c(=O)n(Cc4nc(-c5ccccn5)no4)cnc32)cc1. The Bertz CT molecular complexity index is 1390. The van der Waals surface area contributed by atoms with Crippen molar-refractivity contribution in [3.8, 4) is 23.0 Å². The number of fused-ring (bicyclic) bond motifs is 1. The van der Waals surface area contributed by atoms with E-state index >= 15 is 0 Å². The summed E-state index contributed by atoms with van der Waals surface area (Å²) in [6, 6.07) is 12.7. The molecule has 0 unspecified atom stereocenters. The Balaban J connectivity index is 1.44. The topological polar surface area (TPSA) is 127 Å². The molecule has 0 aliphatic rings. The Morgan fingerprint density at radius 1 is 1.10 bits per heavy atom. The van der Waals surface area contributed by atoms with E-state index < -0.39 is 0 Å². The van der Waals surface area contributed by atoms with Crippen molar-refractivity contribution in [2.45, 2.75) is 13.5 Å². The Morgan fingerprint density at radius 3 is 2.74 bits per heavy atom. The van der Waals surface area contributed by atoms with E-state index in [1.807, 2.05) is 37.3 Å². The van der Waals surface area contributed by atoms with Crippen molar-refractivity contribution in [3.05, 3.63) is 71.2 Å². The number of hydrogen-bond acceptors (Lipinski definition) is 9. The highest BCUT2D eigenvalue weighted by molar-refractivity contribution is 5.70. The molecule has 0 N–H and O–H groups in total. The number of aromatic nitrogens is 8. The van der Waals surface area contributed by atoms with Crippen LogP contribution < -0.4 is 10.3 Å². The maximum atomic E-state index is 12.9. The van der Waals surface area contributed by atoms with Crippen LogP contribution in [0.4, 0.5) is 0 Å². The van der Waals surface area contributed by atoms with Gasteiger partial charge in [0.05, 0.1) is 12.3 Å². The van der Waals surface area contributed by atoms with Crippen molar-refractivity contribution >= 4 is 11.2 Å². The van der Waals surface area contributed by atoms with E-state index in [1.54, 1.807) is 18.3 Å². The molecule has 0 radical (unpaired) electrons. The summed E-state index contributed by atoms with van der Waals surface area (Å²) < 4.78 is 13.5. The molecule has 31 heavy (non-hydrogen) atoms. The number of benzene rings is 1. The van der Waals surface area contributed by atoms with Crippen LogP contribution in [0.3, 0.4) is 0 Å². The molecule has 4 aromatic heterocycles. The van der Waals surface area contributed by atoms with E-state index in [4.69, 9.17) is 9.26 Å². The summed E-state index contributed by atoms with van der Waals surface area (Å²) in [6.07, 6.45) is 3.05. The van der Waals surface area contributed by atoms with Gasteiger partial charge in [-0.1, -0.05) is 16.4 Å². The summed E-state index contributed by atoms with van der Waals surface area (Å²) in [7, 11) is 0. The van der Waals surface area contributed by atoms with Gasteiger partial charge in [0.15, 0.2) is 11.2 Å². The molecule has 5 rings (SSSR count). The Hall–Kier alpha value is -4.41. The first kappa shape index (κ1) is 18.6. The lowest BCUT2D eigenvalue weighted by Crippen LogP contribution is -2.21. The summed E-state index contributed by atoms with van der Waals surface area (Å²) in [4.78, 5) is 25.7. The van der Waals surface area contributed by atoms with Gasteiger partial charge in [-0.15, -0.1) is 5.10 Å². The molecule has 11 heteroatoms. The summed E-state index contributed by atoms with van der Waals surface area (Å²) in [6.45, 7) is 2.55. The Labute approximate surface area is 175 Å². The fourth-order valence-electron chi connectivity index (χ4n) is 3.04. The molecule has 0 saturated heterocycles. The molecule has 5 aromatic rings. The smallest absolute Gasteiger partial charge is 0.284 e. The highest BCUT2D eigenvalue weighted by atomic mass is 16.5. The van der Waals surface area contributed by atoms with Crippen molar-refractivity contribution in [1.29, 1.82) is 0 Å². The average molecular weight is 416 g/mol. The Morgan fingerprint density at radius 2 is 1.97 bits per heavy atom. The molecule has 4 heterocycles. The van der Waals surface area contributed by atoms with Gasteiger partial charge in [0, 0.05) is 6.20 Å². The minimum Gasteiger partial charge on any atom is -0.494 e. The summed E-state index contributed by atoms with van der Waals surface area (Å²) in [5.74, 6) is 1.34. The molecule has 11 nitrogen and oxygen atoms in total. The first-order chi connectivity index (χ1) is 15.2. The minimum atomic E-state index is -0.361. The Kier molecular flexibility index (Phi) is 4.67. The third kappa shape index (κ3) is 3.52.